The number of rotatable bonds is 8. The highest BCUT2D eigenvalue weighted by Gasteiger charge is 2.38. The largest absolute Gasteiger partial charge is 0.278 e. The van der Waals surface area contributed by atoms with Gasteiger partial charge in [-0.05, 0) is 22.3 Å². The summed E-state index contributed by atoms with van der Waals surface area (Å²) >= 11 is 1.55. The van der Waals surface area contributed by atoms with Gasteiger partial charge in [0.2, 0.25) is 11.8 Å². The molecule has 0 unspecified atom stereocenters. The van der Waals surface area contributed by atoms with Crippen LogP contribution in [0, 0.1) is 0 Å². The summed E-state index contributed by atoms with van der Waals surface area (Å²) in [6.07, 6.45) is 0. The van der Waals surface area contributed by atoms with Crippen molar-refractivity contribution in [2.24, 2.45) is 0 Å². The molecule has 0 aliphatic carbocycles. The zero-order chi connectivity index (χ0) is 23.8. The van der Waals surface area contributed by atoms with E-state index in [9.17, 15) is 9.59 Å². The molecule has 0 heterocycles. The maximum absolute atomic E-state index is 13.4. The molecule has 4 aromatic rings. The van der Waals surface area contributed by atoms with Gasteiger partial charge >= 0.3 is 0 Å². The lowest BCUT2D eigenvalue weighted by Crippen LogP contribution is -2.37. The van der Waals surface area contributed by atoms with Crippen LogP contribution in [-0.4, -0.2) is 22.5 Å². The van der Waals surface area contributed by atoms with Crippen molar-refractivity contribution < 1.29 is 9.59 Å². The Kier molecular flexibility index (Phi) is 7.61. The normalized spacial score (nSPS) is 11.1. The van der Waals surface area contributed by atoms with Crippen LogP contribution < -0.4 is 0 Å². The Morgan fingerprint density at radius 2 is 1.03 bits per heavy atom. The molecule has 0 saturated carbocycles. The number of carbonyl (C=O) groups excluding carboxylic acids is 2. The molecule has 0 N–H and O–H groups in total. The Bertz CT molecular complexity index is 1120. The van der Waals surface area contributed by atoms with Gasteiger partial charge < -0.3 is 0 Å². The zero-order valence-electron chi connectivity index (χ0n) is 19.1. The topological polar surface area (TPSA) is 37.4 Å². The molecule has 0 bridgehead atoms. The summed E-state index contributed by atoms with van der Waals surface area (Å²) in [5.41, 5.74) is 4.18. The fourth-order valence-electron chi connectivity index (χ4n) is 4.16. The third kappa shape index (κ3) is 5.13. The van der Waals surface area contributed by atoms with Gasteiger partial charge in [-0.3, -0.25) is 14.5 Å². The van der Waals surface area contributed by atoms with Crippen LogP contribution in [-0.2, 0) is 20.9 Å². The summed E-state index contributed by atoms with van der Waals surface area (Å²) in [7, 11) is 0. The second-order valence-electron chi connectivity index (χ2n) is 8.05. The average Bonchev–Trinajstić information content (AvgIpc) is 2.90. The molecule has 0 aliphatic rings. The van der Waals surface area contributed by atoms with Crippen LogP contribution in [0.1, 0.15) is 29.2 Å². The number of amides is 2. The molecule has 0 spiro atoms. The summed E-state index contributed by atoms with van der Waals surface area (Å²) in [6.45, 7) is 1.72. The van der Waals surface area contributed by atoms with Gasteiger partial charge in [0.1, 0.15) is 0 Å². The van der Waals surface area contributed by atoms with Gasteiger partial charge in [-0.1, -0.05) is 121 Å². The van der Waals surface area contributed by atoms with Crippen LogP contribution in [0.4, 0.5) is 0 Å². The van der Waals surface area contributed by atoms with Gasteiger partial charge in [-0.25, -0.2) is 0 Å². The first-order valence-corrected chi connectivity index (χ1v) is 12.2. The number of hydrogen-bond donors (Lipinski definition) is 0. The number of hydrogen-bond acceptors (Lipinski definition) is 3. The molecule has 0 saturated heterocycles. The van der Waals surface area contributed by atoms with E-state index in [1.54, 1.807) is 11.8 Å². The molecule has 3 nitrogen and oxygen atoms in total. The van der Waals surface area contributed by atoms with Gasteiger partial charge in [0.05, 0.1) is 17.0 Å². The Morgan fingerprint density at radius 1 is 0.647 bits per heavy atom. The van der Waals surface area contributed by atoms with Crippen molar-refractivity contribution in [3.63, 3.8) is 0 Å². The average molecular weight is 466 g/mol. The molecule has 0 radical (unpaired) electrons. The number of imide groups is 1. The van der Waals surface area contributed by atoms with Gasteiger partial charge in [0.25, 0.3) is 0 Å². The molecule has 0 fully saturated rings. The van der Waals surface area contributed by atoms with Crippen molar-refractivity contribution in [2.75, 3.05) is 5.75 Å². The molecule has 0 atom stereocenters. The summed E-state index contributed by atoms with van der Waals surface area (Å²) in [4.78, 5) is 27.2. The first-order valence-electron chi connectivity index (χ1n) is 11.3. The van der Waals surface area contributed by atoms with Crippen molar-refractivity contribution in [3.05, 3.63) is 144 Å². The monoisotopic (exact) mass is 465 g/mol. The maximum atomic E-state index is 13.4. The Morgan fingerprint density at radius 3 is 1.41 bits per heavy atom. The van der Waals surface area contributed by atoms with E-state index in [1.165, 1.54) is 11.8 Å². The lowest BCUT2D eigenvalue weighted by molar-refractivity contribution is -0.142. The quantitative estimate of drug-likeness (QED) is 0.287. The summed E-state index contributed by atoms with van der Waals surface area (Å²) in [5.74, 6) is -0.293. The molecule has 0 aromatic heterocycles. The van der Waals surface area contributed by atoms with E-state index in [-0.39, 0.29) is 24.1 Å². The van der Waals surface area contributed by atoms with Crippen LogP contribution in [0.3, 0.4) is 0 Å². The molecule has 34 heavy (non-hydrogen) atoms. The fraction of sp³-hybridized carbons (Fsp3) is 0.133. The van der Waals surface area contributed by atoms with E-state index in [1.807, 2.05) is 84.9 Å². The molecule has 0 aliphatic heterocycles. The number of benzene rings is 4. The van der Waals surface area contributed by atoms with Crippen molar-refractivity contribution in [1.29, 1.82) is 0 Å². The molecule has 4 rings (SSSR count). The summed E-state index contributed by atoms with van der Waals surface area (Å²) in [5, 5.41) is 0. The van der Waals surface area contributed by atoms with Crippen LogP contribution in [0.25, 0.3) is 0 Å². The smallest absolute Gasteiger partial charge is 0.239 e. The minimum absolute atomic E-state index is 0.158. The fourth-order valence-corrected chi connectivity index (χ4v) is 5.56. The number of thioether (sulfide) groups is 1. The predicted molar refractivity (Wildman–Crippen MR) is 139 cm³/mol. The number of carbonyl (C=O) groups is 2. The van der Waals surface area contributed by atoms with E-state index in [0.717, 1.165) is 22.3 Å². The predicted octanol–water partition coefficient (Wildman–Crippen LogP) is 6.29. The standard InChI is InChI=1S/C30H27NO2S/c1-24(32)31(22-25-14-6-2-7-15-25)29(33)23-34-30(26-16-8-3-9-17-26,27-18-10-4-11-19-27)28-20-12-5-13-21-28/h2-21H,22-23H2,1H3. The lowest BCUT2D eigenvalue weighted by atomic mass is 9.84. The van der Waals surface area contributed by atoms with Crippen LogP contribution >= 0.6 is 11.8 Å². The van der Waals surface area contributed by atoms with Gasteiger partial charge in [0.15, 0.2) is 0 Å². The third-order valence-corrected chi connectivity index (χ3v) is 7.35. The Hall–Kier alpha value is -3.63. The molecule has 170 valence electrons. The third-order valence-electron chi connectivity index (χ3n) is 5.82. The van der Waals surface area contributed by atoms with Gasteiger partial charge in [-0.2, -0.15) is 0 Å². The van der Waals surface area contributed by atoms with Gasteiger partial charge in [0, 0.05) is 6.92 Å². The second kappa shape index (κ2) is 11.0. The zero-order valence-corrected chi connectivity index (χ0v) is 19.9. The van der Waals surface area contributed by atoms with Crippen LogP contribution in [0.2, 0.25) is 0 Å². The minimum Gasteiger partial charge on any atom is -0.278 e. The molecule has 4 heteroatoms. The van der Waals surface area contributed by atoms with E-state index >= 15 is 0 Å². The SMILES string of the molecule is CC(=O)N(Cc1ccccc1)C(=O)CSC(c1ccccc1)(c1ccccc1)c1ccccc1. The summed E-state index contributed by atoms with van der Waals surface area (Å²) in [6, 6.07) is 40.4. The van der Waals surface area contributed by atoms with E-state index < -0.39 is 4.75 Å². The highest BCUT2D eigenvalue weighted by molar-refractivity contribution is 8.01. The Labute approximate surface area is 205 Å². The molecule has 2 amide bonds. The van der Waals surface area contributed by atoms with E-state index in [0.29, 0.717) is 0 Å². The van der Waals surface area contributed by atoms with Crippen LogP contribution in [0.15, 0.2) is 121 Å². The van der Waals surface area contributed by atoms with E-state index in [2.05, 4.69) is 36.4 Å². The molecule has 4 aromatic carbocycles. The van der Waals surface area contributed by atoms with E-state index in [4.69, 9.17) is 0 Å². The molecular formula is C30H27NO2S. The lowest BCUT2D eigenvalue weighted by Gasteiger charge is -2.35. The van der Waals surface area contributed by atoms with Crippen molar-refractivity contribution in [3.8, 4) is 0 Å². The first-order chi connectivity index (χ1) is 16.6. The van der Waals surface area contributed by atoms with Crippen molar-refractivity contribution in [2.45, 2.75) is 18.2 Å². The Balaban J connectivity index is 1.73. The highest BCUT2D eigenvalue weighted by Crippen LogP contribution is 2.48. The van der Waals surface area contributed by atoms with Crippen molar-refractivity contribution in [1.82, 2.24) is 4.90 Å². The first kappa shape index (κ1) is 23.5. The summed E-state index contributed by atoms with van der Waals surface area (Å²) < 4.78 is -0.603. The minimum atomic E-state index is -0.603. The van der Waals surface area contributed by atoms with Gasteiger partial charge in [-0.15, -0.1) is 11.8 Å². The second-order valence-corrected chi connectivity index (χ2v) is 9.24. The van der Waals surface area contributed by atoms with Crippen LogP contribution in [0.5, 0.6) is 0 Å². The highest BCUT2D eigenvalue weighted by atomic mass is 32.2. The van der Waals surface area contributed by atoms with Crippen molar-refractivity contribution >= 4 is 23.6 Å². The maximum Gasteiger partial charge on any atom is 0.239 e. The molecular weight excluding hydrogens is 438 g/mol. The number of nitrogens with zero attached hydrogens (tertiary/aromatic N) is 1.